The Morgan fingerprint density at radius 2 is 1.72 bits per heavy atom. The van der Waals surface area contributed by atoms with E-state index < -0.39 is 0 Å². The smallest absolute Gasteiger partial charge is 0.122 e. The van der Waals surface area contributed by atoms with Crippen molar-refractivity contribution in [1.82, 2.24) is 9.80 Å². The first kappa shape index (κ1) is 17.4. The van der Waals surface area contributed by atoms with Crippen molar-refractivity contribution in [3.05, 3.63) is 29.8 Å². The summed E-state index contributed by atoms with van der Waals surface area (Å²) in [5.41, 5.74) is 1.47. The lowest BCUT2D eigenvalue weighted by Gasteiger charge is -2.33. The summed E-state index contributed by atoms with van der Waals surface area (Å²) in [6.45, 7) is 7.21. The van der Waals surface area contributed by atoms with Crippen molar-refractivity contribution < 1.29 is 4.74 Å². The number of likely N-dealkylation sites (tertiary alicyclic amines) is 1. The lowest BCUT2D eigenvalue weighted by Crippen LogP contribution is -2.36. The first-order valence-electron chi connectivity index (χ1n) is 10.6. The van der Waals surface area contributed by atoms with Crippen LogP contribution in [0.25, 0.3) is 0 Å². The Hall–Kier alpha value is -1.06. The monoisotopic (exact) mass is 342 g/mol. The second-order valence-electron chi connectivity index (χ2n) is 8.14. The lowest BCUT2D eigenvalue weighted by molar-refractivity contribution is 0.186. The van der Waals surface area contributed by atoms with Gasteiger partial charge in [0.2, 0.25) is 0 Å². The second kappa shape index (κ2) is 8.55. The molecule has 3 heteroatoms. The van der Waals surface area contributed by atoms with Gasteiger partial charge in [-0.3, -0.25) is 4.90 Å². The molecule has 3 nitrogen and oxygen atoms in total. The van der Waals surface area contributed by atoms with Crippen molar-refractivity contribution in [2.24, 2.45) is 0 Å². The number of hydrogen-bond donors (Lipinski definition) is 0. The highest BCUT2D eigenvalue weighted by atomic mass is 16.5. The maximum atomic E-state index is 6.28. The van der Waals surface area contributed by atoms with E-state index in [4.69, 9.17) is 4.74 Å². The maximum Gasteiger partial charge on any atom is 0.122 e. The molecule has 3 saturated heterocycles. The van der Waals surface area contributed by atoms with Crippen molar-refractivity contribution in [2.45, 2.75) is 63.3 Å². The Kier molecular flexibility index (Phi) is 5.94. The fourth-order valence-electron chi connectivity index (χ4n) is 5.18. The average Bonchev–Trinajstić information content (AvgIpc) is 3.10. The third kappa shape index (κ3) is 4.20. The van der Waals surface area contributed by atoms with Crippen LogP contribution in [0.2, 0.25) is 0 Å². The molecule has 3 aliphatic heterocycles. The molecule has 3 heterocycles. The van der Waals surface area contributed by atoms with Crippen LogP contribution in [0.1, 0.15) is 62.8 Å². The van der Waals surface area contributed by atoms with E-state index in [9.17, 15) is 0 Å². The molecule has 3 fully saturated rings. The summed E-state index contributed by atoms with van der Waals surface area (Å²) >= 11 is 0. The van der Waals surface area contributed by atoms with Crippen molar-refractivity contribution in [3.63, 3.8) is 0 Å². The third-order valence-corrected chi connectivity index (χ3v) is 6.50. The van der Waals surface area contributed by atoms with Crippen molar-refractivity contribution >= 4 is 0 Å². The van der Waals surface area contributed by atoms with Crippen LogP contribution in [0.5, 0.6) is 5.75 Å². The van der Waals surface area contributed by atoms with E-state index in [0.717, 1.165) is 24.8 Å². The predicted molar refractivity (Wildman–Crippen MR) is 103 cm³/mol. The van der Waals surface area contributed by atoms with E-state index in [1.54, 1.807) is 0 Å². The molecule has 0 radical (unpaired) electrons. The Bertz CT molecular complexity index is 541. The molecule has 2 atom stereocenters. The quantitative estimate of drug-likeness (QED) is 0.718. The van der Waals surface area contributed by atoms with Gasteiger partial charge in [0.25, 0.3) is 0 Å². The number of para-hydroxylation sites is 1. The minimum atomic E-state index is 0.679. The fourth-order valence-corrected chi connectivity index (χ4v) is 5.18. The minimum Gasteiger partial charge on any atom is -0.493 e. The highest BCUT2D eigenvalue weighted by molar-refractivity contribution is 5.38. The summed E-state index contributed by atoms with van der Waals surface area (Å²) in [5.74, 6) is 1.83. The summed E-state index contributed by atoms with van der Waals surface area (Å²) < 4.78 is 6.28. The molecular formula is C22H34N2O. The molecule has 1 aromatic rings. The van der Waals surface area contributed by atoms with Crippen LogP contribution in [-0.2, 0) is 0 Å². The molecule has 0 spiro atoms. The zero-order chi connectivity index (χ0) is 16.9. The fraction of sp³-hybridized carbons (Fsp3) is 0.727. The van der Waals surface area contributed by atoms with Crippen LogP contribution in [0.3, 0.4) is 0 Å². The van der Waals surface area contributed by atoms with E-state index >= 15 is 0 Å². The van der Waals surface area contributed by atoms with E-state index in [1.807, 2.05) is 0 Å². The molecule has 3 aliphatic rings. The van der Waals surface area contributed by atoms with Gasteiger partial charge in [-0.1, -0.05) is 31.0 Å². The SMILES string of the molecule is c1ccc(C2CCN3CCCCC23)c(OCCCN2CCCCC2)c1. The Balaban J connectivity index is 1.33. The van der Waals surface area contributed by atoms with Crippen LogP contribution >= 0.6 is 0 Å². The van der Waals surface area contributed by atoms with Gasteiger partial charge in [-0.25, -0.2) is 0 Å². The van der Waals surface area contributed by atoms with Crippen molar-refractivity contribution in [3.8, 4) is 5.75 Å². The predicted octanol–water partition coefficient (Wildman–Crippen LogP) is 4.28. The standard InChI is InChI=1S/C22H34N2O/c1-5-13-23(14-6-1)15-8-18-25-22-11-3-2-9-20(22)19-12-17-24-16-7-4-10-21(19)24/h2-3,9,11,19,21H,1,4-8,10,12-18H2. The summed E-state index contributed by atoms with van der Waals surface area (Å²) in [5, 5.41) is 0. The summed E-state index contributed by atoms with van der Waals surface area (Å²) in [6.07, 6.45) is 10.8. The number of piperidine rings is 2. The summed E-state index contributed by atoms with van der Waals surface area (Å²) in [4.78, 5) is 5.33. The van der Waals surface area contributed by atoms with Gasteiger partial charge in [0.1, 0.15) is 5.75 Å². The molecule has 2 unspecified atom stereocenters. The molecule has 0 saturated carbocycles. The minimum absolute atomic E-state index is 0.679. The molecule has 0 bridgehead atoms. The highest BCUT2D eigenvalue weighted by Gasteiger charge is 2.37. The highest BCUT2D eigenvalue weighted by Crippen LogP contribution is 2.41. The van der Waals surface area contributed by atoms with Gasteiger partial charge in [0.15, 0.2) is 0 Å². The average molecular weight is 343 g/mol. The molecular weight excluding hydrogens is 308 g/mol. The number of nitrogens with zero attached hydrogens (tertiary/aromatic N) is 2. The van der Waals surface area contributed by atoms with E-state index in [0.29, 0.717) is 5.92 Å². The lowest BCUT2D eigenvalue weighted by atomic mass is 9.87. The number of hydrogen-bond acceptors (Lipinski definition) is 3. The first-order valence-corrected chi connectivity index (χ1v) is 10.6. The molecule has 25 heavy (non-hydrogen) atoms. The number of ether oxygens (including phenoxy) is 1. The second-order valence-corrected chi connectivity index (χ2v) is 8.14. The number of benzene rings is 1. The summed E-state index contributed by atoms with van der Waals surface area (Å²) in [7, 11) is 0. The summed E-state index contributed by atoms with van der Waals surface area (Å²) in [6, 6.07) is 9.61. The van der Waals surface area contributed by atoms with Gasteiger partial charge >= 0.3 is 0 Å². The van der Waals surface area contributed by atoms with Crippen LogP contribution < -0.4 is 4.74 Å². The van der Waals surface area contributed by atoms with E-state index in [-0.39, 0.29) is 0 Å². The maximum absolute atomic E-state index is 6.28. The molecule has 0 amide bonds. The third-order valence-electron chi connectivity index (χ3n) is 6.50. The van der Waals surface area contributed by atoms with Crippen molar-refractivity contribution in [1.29, 1.82) is 0 Å². The van der Waals surface area contributed by atoms with Crippen molar-refractivity contribution in [2.75, 3.05) is 39.3 Å². The van der Waals surface area contributed by atoms with Crippen LogP contribution in [0.15, 0.2) is 24.3 Å². The zero-order valence-corrected chi connectivity index (χ0v) is 15.7. The normalized spacial score (nSPS) is 28.0. The van der Waals surface area contributed by atoms with Crippen LogP contribution in [-0.4, -0.2) is 55.2 Å². The van der Waals surface area contributed by atoms with Crippen LogP contribution in [0, 0.1) is 0 Å². The number of rotatable bonds is 6. The number of fused-ring (bicyclic) bond motifs is 1. The molecule has 1 aromatic carbocycles. The molecule has 0 N–H and O–H groups in total. The Labute approximate surface area is 153 Å². The molecule has 0 aromatic heterocycles. The van der Waals surface area contributed by atoms with Crippen LogP contribution in [0.4, 0.5) is 0 Å². The van der Waals surface area contributed by atoms with Gasteiger partial charge in [-0.15, -0.1) is 0 Å². The Morgan fingerprint density at radius 1 is 0.880 bits per heavy atom. The van der Waals surface area contributed by atoms with E-state index in [2.05, 4.69) is 34.1 Å². The largest absolute Gasteiger partial charge is 0.493 e. The van der Waals surface area contributed by atoms with Gasteiger partial charge in [-0.05, 0) is 76.3 Å². The molecule has 138 valence electrons. The van der Waals surface area contributed by atoms with E-state index in [1.165, 1.54) is 83.2 Å². The zero-order valence-electron chi connectivity index (χ0n) is 15.7. The Morgan fingerprint density at radius 3 is 2.64 bits per heavy atom. The molecule has 4 rings (SSSR count). The topological polar surface area (TPSA) is 15.7 Å². The van der Waals surface area contributed by atoms with Gasteiger partial charge in [0.05, 0.1) is 6.61 Å². The van der Waals surface area contributed by atoms with Gasteiger partial charge < -0.3 is 9.64 Å². The molecule has 0 aliphatic carbocycles. The van der Waals surface area contributed by atoms with Gasteiger partial charge in [0, 0.05) is 18.5 Å². The first-order chi connectivity index (χ1) is 12.4. The van der Waals surface area contributed by atoms with Gasteiger partial charge in [-0.2, -0.15) is 0 Å².